The number of carbonyl (C=O) groups excluding carboxylic acids is 3. The lowest BCUT2D eigenvalue weighted by atomic mass is 10.1. The molecule has 0 saturated heterocycles. The molecule has 1 atom stereocenters. The van der Waals surface area contributed by atoms with Crippen LogP contribution in [0.4, 0.5) is 11.4 Å². The van der Waals surface area contributed by atoms with Gasteiger partial charge in [-0.05, 0) is 77.0 Å². The van der Waals surface area contributed by atoms with Gasteiger partial charge in [-0.3, -0.25) is 14.4 Å². The van der Waals surface area contributed by atoms with Gasteiger partial charge in [-0.1, -0.05) is 114 Å². The van der Waals surface area contributed by atoms with E-state index in [4.69, 9.17) is 23.2 Å². The molecular weight excluding hydrogens is 673 g/mol. The van der Waals surface area contributed by atoms with Crippen LogP contribution in [0.1, 0.15) is 26.7 Å². The van der Waals surface area contributed by atoms with Crippen LogP contribution in [0, 0.1) is 0 Å². The van der Waals surface area contributed by atoms with E-state index in [1.807, 2.05) is 78.9 Å². The third-order valence-electron chi connectivity index (χ3n) is 7.52. The largest absolute Gasteiger partial charge is 0.325 e. The number of nitrogens with one attached hydrogen (secondary N) is 3. The van der Waals surface area contributed by atoms with Gasteiger partial charge in [-0.2, -0.15) is 0 Å². The minimum Gasteiger partial charge on any atom is -0.325 e. The number of carbonyl (C=O) groups is 3. The Labute approximate surface area is 298 Å². The molecule has 0 saturated carbocycles. The average molecular weight is 703 g/mol. The van der Waals surface area contributed by atoms with Gasteiger partial charge in [0.15, 0.2) is 0 Å². The molecule has 0 aromatic heterocycles. The Kier molecular flexibility index (Phi) is 10.8. The Bertz CT molecular complexity index is 2150. The second-order valence-corrected chi connectivity index (χ2v) is 12.9. The fraction of sp³-hybridized carbons (Fsp3) is 0.0250. The zero-order valence-electron chi connectivity index (χ0n) is 25.9. The number of anilines is 2. The lowest BCUT2D eigenvalue weighted by molar-refractivity contribution is -0.116. The summed E-state index contributed by atoms with van der Waals surface area (Å²) in [5.74, 6) is -1.25. The first-order valence-electron chi connectivity index (χ1n) is 15.3. The van der Waals surface area contributed by atoms with E-state index in [1.165, 1.54) is 17.8 Å². The Hall–Kier alpha value is -5.34. The quantitative estimate of drug-likeness (QED) is 0.0980. The van der Waals surface area contributed by atoms with Crippen LogP contribution in [0.15, 0.2) is 156 Å². The third-order valence-corrected chi connectivity index (χ3v) is 9.43. The molecule has 0 aliphatic heterocycles. The fourth-order valence-corrected chi connectivity index (χ4v) is 6.68. The van der Waals surface area contributed by atoms with E-state index in [2.05, 4.69) is 16.0 Å². The molecular formula is C40H29Cl2N3O3S. The minimum atomic E-state index is -0.596. The Morgan fingerprint density at radius 3 is 1.98 bits per heavy atom. The van der Waals surface area contributed by atoms with E-state index >= 15 is 0 Å². The summed E-state index contributed by atoms with van der Waals surface area (Å²) >= 11 is 14.2. The monoisotopic (exact) mass is 701 g/mol. The first kappa shape index (κ1) is 33.6. The summed E-state index contributed by atoms with van der Waals surface area (Å²) in [5, 5.41) is 10.8. The number of halogens is 2. The van der Waals surface area contributed by atoms with Crippen LogP contribution in [-0.2, 0) is 9.59 Å². The van der Waals surface area contributed by atoms with Gasteiger partial charge in [0.25, 0.3) is 11.8 Å². The molecule has 9 heteroatoms. The topological polar surface area (TPSA) is 87.3 Å². The van der Waals surface area contributed by atoms with Crippen LogP contribution in [0.25, 0.3) is 16.8 Å². The maximum Gasteiger partial charge on any atom is 0.272 e. The van der Waals surface area contributed by atoms with Crippen LogP contribution in [0.3, 0.4) is 0 Å². The van der Waals surface area contributed by atoms with Gasteiger partial charge in [0, 0.05) is 37.4 Å². The summed E-state index contributed by atoms with van der Waals surface area (Å²) in [6.07, 6.45) is 1.45. The molecule has 1 unspecified atom stereocenters. The van der Waals surface area contributed by atoms with Crippen molar-refractivity contribution in [3.05, 3.63) is 178 Å². The van der Waals surface area contributed by atoms with Crippen molar-refractivity contribution in [2.75, 3.05) is 10.6 Å². The molecule has 6 rings (SSSR count). The number of benzene rings is 6. The molecule has 3 amide bonds. The number of fused-ring (bicyclic) bond motifs is 1. The smallest absolute Gasteiger partial charge is 0.272 e. The van der Waals surface area contributed by atoms with E-state index in [0.717, 1.165) is 21.2 Å². The first-order valence-corrected chi connectivity index (χ1v) is 16.9. The highest BCUT2D eigenvalue weighted by Gasteiger charge is 2.23. The number of hydrogen-bond donors (Lipinski definition) is 3. The van der Waals surface area contributed by atoms with Crippen molar-refractivity contribution in [1.29, 1.82) is 0 Å². The molecule has 3 N–H and O–H groups in total. The lowest BCUT2D eigenvalue weighted by Crippen LogP contribution is -2.30. The summed E-state index contributed by atoms with van der Waals surface area (Å²) in [7, 11) is 0. The van der Waals surface area contributed by atoms with Crippen LogP contribution in [-0.4, -0.2) is 17.7 Å². The molecule has 0 spiro atoms. The van der Waals surface area contributed by atoms with Crippen LogP contribution >= 0.6 is 35.0 Å². The van der Waals surface area contributed by atoms with E-state index < -0.39 is 17.1 Å². The first-order chi connectivity index (χ1) is 23.8. The third kappa shape index (κ3) is 8.58. The maximum atomic E-state index is 13.8. The molecule has 0 heterocycles. The Morgan fingerprint density at radius 2 is 1.24 bits per heavy atom. The molecule has 6 aromatic rings. The molecule has 6 aromatic carbocycles. The molecule has 0 radical (unpaired) electrons. The summed E-state index contributed by atoms with van der Waals surface area (Å²) in [6.45, 7) is 0. The summed E-state index contributed by atoms with van der Waals surface area (Å²) in [5.41, 5.74) is 2.68. The SMILES string of the molecule is O=C(Nc1cccc(SC(C(=O)Nc2ccc3ccccc3c2)c2ccccc2)c1)/C(=C\c1c(Cl)cccc1Cl)NC(=O)c1ccccc1. The van der Waals surface area contributed by atoms with Crippen molar-refractivity contribution in [3.8, 4) is 0 Å². The van der Waals surface area contributed by atoms with Gasteiger partial charge in [0.1, 0.15) is 10.9 Å². The highest BCUT2D eigenvalue weighted by molar-refractivity contribution is 8.00. The van der Waals surface area contributed by atoms with Crippen molar-refractivity contribution in [1.82, 2.24) is 5.32 Å². The highest BCUT2D eigenvalue weighted by Crippen LogP contribution is 2.37. The average Bonchev–Trinajstić information content (AvgIpc) is 3.12. The van der Waals surface area contributed by atoms with E-state index in [-0.39, 0.29) is 11.6 Å². The lowest BCUT2D eigenvalue weighted by Gasteiger charge is -2.18. The summed E-state index contributed by atoms with van der Waals surface area (Å²) < 4.78 is 0. The maximum absolute atomic E-state index is 13.8. The predicted molar refractivity (Wildman–Crippen MR) is 201 cm³/mol. The summed E-state index contributed by atoms with van der Waals surface area (Å²) in [4.78, 5) is 41.3. The Morgan fingerprint density at radius 1 is 0.612 bits per heavy atom. The fourth-order valence-electron chi connectivity index (χ4n) is 5.09. The van der Waals surface area contributed by atoms with E-state index in [9.17, 15) is 14.4 Å². The molecule has 0 aliphatic rings. The number of rotatable bonds is 10. The number of amides is 3. The molecule has 242 valence electrons. The molecule has 6 nitrogen and oxygen atoms in total. The van der Waals surface area contributed by atoms with Crippen molar-refractivity contribution in [2.45, 2.75) is 10.1 Å². The van der Waals surface area contributed by atoms with Crippen molar-refractivity contribution < 1.29 is 14.4 Å². The van der Waals surface area contributed by atoms with Crippen LogP contribution in [0.2, 0.25) is 10.0 Å². The minimum absolute atomic E-state index is 0.0566. The highest BCUT2D eigenvalue weighted by atomic mass is 35.5. The zero-order valence-corrected chi connectivity index (χ0v) is 28.2. The summed E-state index contributed by atoms with van der Waals surface area (Å²) in [6, 6.07) is 44.0. The van der Waals surface area contributed by atoms with Crippen molar-refractivity contribution in [2.24, 2.45) is 0 Å². The molecule has 0 aliphatic carbocycles. The van der Waals surface area contributed by atoms with Gasteiger partial charge in [0.2, 0.25) is 5.91 Å². The van der Waals surface area contributed by atoms with Crippen LogP contribution in [0.5, 0.6) is 0 Å². The van der Waals surface area contributed by atoms with Crippen LogP contribution < -0.4 is 16.0 Å². The van der Waals surface area contributed by atoms with Gasteiger partial charge >= 0.3 is 0 Å². The molecule has 49 heavy (non-hydrogen) atoms. The second kappa shape index (κ2) is 15.7. The second-order valence-electron chi connectivity index (χ2n) is 11.0. The standard InChI is InChI=1S/C40H29Cl2N3O3S/c41-34-19-10-20-35(42)33(34)25-36(45-38(46)28-14-5-2-6-15-28)39(47)43-30-17-9-18-32(24-30)49-37(27-12-3-1-4-13-27)40(48)44-31-22-21-26-11-7-8-16-29(26)23-31/h1-25,37H,(H,43,47)(H,44,48)(H,45,46)/b36-25+. The molecule has 0 bridgehead atoms. The Balaban J connectivity index is 1.25. The zero-order chi connectivity index (χ0) is 34.2. The van der Waals surface area contributed by atoms with E-state index in [0.29, 0.717) is 32.5 Å². The van der Waals surface area contributed by atoms with Gasteiger partial charge in [-0.25, -0.2) is 0 Å². The van der Waals surface area contributed by atoms with E-state index in [1.54, 1.807) is 66.7 Å². The molecule has 0 fully saturated rings. The van der Waals surface area contributed by atoms with Gasteiger partial charge in [0.05, 0.1) is 0 Å². The number of hydrogen-bond acceptors (Lipinski definition) is 4. The number of thioether (sulfide) groups is 1. The van der Waals surface area contributed by atoms with Crippen molar-refractivity contribution >= 4 is 80.9 Å². The van der Waals surface area contributed by atoms with Gasteiger partial charge < -0.3 is 16.0 Å². The van der Waals surface area contributed by atoms with Crippen molar-refractivity contribution in [3.63, 3.8) is 0 Å². The van der Waals surface area contributed by atoms with Gasteiger partial charge in [-0.15, -0.1) is 11.8 Å². The normalized spacial score (nSPS) is 11.8. The predicted octanol–water partition coefficient (Wildman–Crippen LogP) is 10.0.